The minimum Gasteiger partial charge on any atom is -0.496 e. The summed E-state index contributed by atoms with van der Waals surface area (Å²) in [5.41, 5.74) is 7.32. The summed E-state index contributed by atoms with van der Waals surface area (Å²) in [4.78, 5) is 12.2. The van der Waals surface area contributed by atoms with E-state index in [1.807, 2.05) is 39.0 Å². The van der Waals surface area contributed by atoms with Gasteiger partial charge in [0.25, 0.3) is 0 Å². The zero-order valence-electron chi connectivity index (χ0n) is 13.5. The molecule has 0 aromatic heterocycles. The molecule has 4 nitrogen and oxygen atoms in total. The summed E-state index contributed by atoms with van der Waals surface area (Å²) in [6, 6.07) is 5.79. The minimum absolute atomic E-state index is 0. The molecule has 3 N–H and O–H groups in total. The Morgan fingerprint density at radius 2 is 2.10 bits per heavy atom. The van der Waals surface area contributed by atoms with Gasteiger partial charge in [0, 0.05) is 5.56 Å². The van der Waals surface area contributed by atoms with Crippen LogP contribution in [0.5, 0.6) is 5.75 Å². The van der Waals surface area contributed by atoms with Crippen LogP contribution in [-0.2, 0) is 4.79 Å². The predicted molar refractivity (Wildman–Crippen MR) is 89.0 cm³/mol. The molecule has 0 radical (unpaired) electrons. The standard InChI is InChI=1S/C16H26N2O2.ClH/c1-6-9-16(4,17)15(19)18-12(3)13-10-11(2)7-8-14(13)20-5;/h7-8,10,12H,6,9,17H2,1-5H3,(H,18,19);1H. The van der Waals surface area contributed by atoms with Crippen molar-refractivity contribution in [2.45, 2.75) is 52.1 Å². The molecule has 5 heteroatoms. The third-order valence-corrected chi connectivity index (χ3v) is 3.49. The molecule has 0 spiro atoms. The molecule has 120 valence electrons. The van der Waals surface area contributed by atoms with Gasteiger partial charge in [-0.2, -0.15) is 0 Å². The lowest BCUT2D eigenvalue weighted by molar-refractivity contribution is -0.126. The van der Waals surface area contributed by atoms with Crippen LogP contribution in [0.3, 0.4) is 0 Å². The Labute approximate surface area is 133 Å². The normalized spacial score (nSPS) is 14.6. The zero-order chi connectivity index (χ0) is 15.3. The van der Waals surface area contributed by atoms with Gasteiger partial charge in [0.15, 0.2) is 0 Å². The van der Waals surface area contributed by atoms with Gasteiger partial charge < -0.3 is 15.8 Å². The van der Waals surface area contributed by atoms with E-state index in [1.54, 1.807) is 14.0 Å². The summed E-state index contributed by atoms with van der Waals surface area (Å²) < 4.78 is 5.35. The smallest absolute Gasteiger partial charge is 0.240 e. The van der Waals surface area contributed by atoms with Crippen LogP contribution in [0.25, 0.3) is 0 Å². The second kappa shape index (κ2) is 8.25. The van der Waals surface area contributed by atoms with E-state index < -0.39 is 5.54 Å². The molecule has 1 rings (SSSR count). The van der Waals surface area contributed by atoms with Crippen molar-refractivity contribution >= 4 is 18.3 Å². The zero-order valence-corrected chi connectivity index (χ0v) is 14.3. The predicted octanol–water partition coefficient (Wildman–Crippen LogP) is 3.12. The Hall–Kier alpha value is -1.26. The summed E-state index contributed by atoms with van der Waals surface area (Å²) in [6.45, 7) is 7.75. The lowest BCUT2D eigenvalue weighted by Gasteiger charge is -2.26. The maximum atomic E-state index is 12.2. The summed E-state index contributed by atoms with van der Waals surface area (Å²) in [7, 11) is 1.63. The van der Waals surface area contributed by atoms with Crippen LogP contribution in [0.1, 0.15) is 50.8 Å². The van der Waals surface area contributed by atoms with E-state index in [-0.39, 0.29) is 24.4 Å². The number of benzene rings is 1. The number of nitrogens with one attached hydrogen (secondary N) is 1. The second-order valence-corrected chi connectivity index (χ2v) is 5.61. The second-order valence-electron chi connectivity index (χ2n) is 5.61. The molecule has 0 aliphatic rings. The monoisotopic (exact) mass is 314 g/mol. The summed E-state index contributed by atoms with van der Waals surface area (Å²) in [5, 5.41) is 2.98. The van der Waals surface area contributed by atoms with E-state index in [1.165, 1.54) is 0 Å². The first-order chi connectivity index (χ1) is 9.31. The molecular formula is C16H27ClN2O2. The molecule has 0 aliphatic heterocycles. The van der Waals surface area contributed by atoms with Gasteiger partial charge in [0.1, 0.15) is 5.75 Å². The number of amides is 1. The Morgan fingerprint density at radius 3 is 2.62 bits per heavy atom. The number of rotatable bonds is 6. The van der Waals surface area contributed by atoms with Gasteiger partial charge in [-0.1, -0.05) is 31.0 Å². The lowest BCUT2D eigenvalue weighted by atomic mass is 9.95. The van der Waals surface area contributed by atoms with Gasteiger partial charge in [0.2, 0.25) is 5.91 Å². The number of carbonyl (C=O) groups excluding carboxylic acids is 1. The van der Waals surface area contributed by atoms with E-state index in [4.69, 9.17) is 10.5 Å². The van der Waals surface area contributed by atoms with Gasteiger partial charge >= 0.3 is 0 Å². The van der Waals surface area contributed by atoms with Crippen LogP contribution < -0.4 is 15.8 Å². The third kappa shape index (κ3) is 5.21. The van der Waals surface area contributed by atoms with Crippen LogP contribution in [0, 0.1) is 6.92 Å². The highest BCUT2D eigenvalue weighted by atomic mass is 35.5. The Morgan fingerprint density at radius 1 is 1.48 bits per heavy atom. The van der Waals surface area contributed by atoms with Crippen molar-refractivity contribution in [1.29, 1.82) is 0 Å². The first-order valence-corrected chi connectivity index (χ1v) is 7.06. The molecule has 0 heterocycles. The minimum atomic E-state index is -0.833. The molecule has 0 saturated carbocycles. The number of hydrogen-bond donors (Lipinski definition) is 2. The average molecular weight is 315 g/mol. The van der Waals surface area contributed by atoms with Crippen molar-refractivity contribution in [1.82, 2.24) is 5.32 Å². The molecule has 21 heavy (non-hydrogen) atoms. The quantitative estimate of drug-likeness (QED) is 0.848. The summed E-state index contributed by atoms with van der Waals surface area (Å²) >= 11 is 0. The molecular weight excluding hydrogens is 288 g/mol. The lowest BCUT2D eigenvalue weighted by Crippen LogP contribution is -2.52. The highest BCUT2D eigenvalue weighted by Gasteiger charge is 2.28. The molecule has 2 atom stereocenters. The highest BCUT2D eigenvalue weighted by Crippen LogP contribution is 2.26. The molecule has 0 saturated heterocycles. The van der Waals surface area contributed by atoms with Crippen molar-refractivity contribution in [3.8, 4) is 5.75 Å². The van der Waals surface area contributed by atoms with E-state index >= 15 is 0 Å². The van der Waals surface area contributed by atoms with Crippen LogP contribution in [0.15, 0.2) is 18.2 Å². The van der Waals surface area contributed by atoms with Crippen molar-refractivity contribution in [2.24, 2.45) is 5.73 Å². The van der Waals surface area contributed by atoms with Crippen molar-refractivity contribution < 1.29 is 9.53 Å². The summed E-state index contributed by atoms with van der Waals surface area (Å²) in [5.74, 6) is 0.646. The SMILES string of the molecule is CCCC(C)(N)C(=O)NC(C)c1cc(C)ccc1OC.Cl. The Bertz CT molecular complexity index is 475. The van der Waals surface area contributed by atoms with Crippen molar-refractivity contribution in [2.75, 3.05) is 7.11 Å². The maximum absolute atomic E-state index is 12.2. The first kappa shape index (κ1) is 19.7. The van der Waals surface area contributed by atoms with Crippen molar-refractivity contribution in [3.63, 3.8) is 0 Å². The number of methoxy groups -OCH3 is 1. The van der Waals surface area contributed by atoms with Crippen LogP contribution in [-0.4, -0.2) is 18.6 Å². The molecule has 1 amide bonds. The molecule has 1 aromatic rings. The van der Waals surface area contributed by atoms with Gasteiger partial charge in [0.05, 0.1) is 18.7 Å². The largest absolute Gasteiger partial charge is 0.496 e. The number of ether oxygens (including phenoxy) is 1. The molecule has 1 aromatic carbocycles. The van der Waals surface area contributed by atoms with E-state index in [0.717, 1.165) is 23.3 Å². The third-order valence-electron chi connectivity index (χ3n) is 3.49. The molecule has 0 fully saturated rings. The molecule has 0 aliphatic carbocycles. The number of carbonyl (C=O) groups is 1. The van der Waals surface area contributed by atoms with Crippen LogP contribution in [0.4, 0.5) is 0 Å². The fourth-order valence-corrected chi connectivity index (χ4v) is 2.26. The Kier molecular flexibility index (Phi) is 7.75. The van der Waals surface area contributed by atoms with Gasteiger partial charge in [-0.15, -0.1) is 12.4 Å². The number of hydrogen-bond acceptors (Lipinski definition) is 3. The van der Waals surface area contributed by atoms with Gasteiger partial charge in [-0.05, 0) is 33.3 Å². The van der Waals surface area contributed by atoms with E-state index in [2.05, 4.69) is 5.32 Å². The van der Waals surface area contributed by atoms with Gasteiger partial charge in [-0.3, -0.25) is 4.79 Å². The molecule has 0 bridgehead atoms. The van der Waals surface area contributed by atoms with Crippen LogP contribution in [0.2, 0.25) is 0 Å². The summed E-state index contributed by atoms with van der Waals surface area (Å²) in [6.07, 6.45) is 1.54. The highest BCUT2D eigenvalue weighted by molar-refractivity contribution is 5.86. The number of halogens is 1. The average Bonchev–Trinajstić information content (AvgIpc) is 2.38. The van der Waals surface area contributed by atoms with E-state index in [0.29, 0.717) is 6.42 Å². The fraction of sp³-hybridized carbons (Fsp3) is 0.562. The fourth-order valence-electron chi connectivity index (χ4n) is 2.26. The Balaban J connectivity index is 0.00000400. The van der Waals surface area contributed by atoms with Gasteiger partial charge in [-0.25, -0.2) is 0 Å². The molecule has 2 unspecified atom stereocenters. The van der Waals surface area contributed by atoms with Crippen molar-refractivity contribution in [3.05, 3.63) is 29.3 Å². The first-order valence-electron chi connectivity index (χ1n) is 7.06. The van der Waals surface area contributed by atoms with Crippen LogP contribution >= 0.6 is 12.4 Å². The maximum Gasteiger partial charge on any atom is 0.240 e. The topological polar surface area (TPSA) is 64.4 Å². The number of aryl methyl sites for hydroxylation is 1. The number of nitrogens with two attached hydrogens (primary N) is 1. The van der Waals surface area contributed by atoms with E-state index in [9.17, 15) is 4.79 Å².